The van der Waals surface area contributed by atoms with Crippen molar-refractivity contribution in [1.29, 1.82) is 0 Å². The van der Waals surface area contributed by atoms with Crippen LogP contribution in [0.5, 0.6) is 0 Å². The number of rotatable bonds is 11. The van der Waals surface area contributed by atoms with Crippen LogP contribution in [0.3, 0.4) is 0 Å². The second kappa shape index (κ2) is 18.9. The van der Waals surface area contributed by atoms with E-state index in [1.807, 2.05) is 0 Å². The molecule has 222 valence electrons. The molecule has 0 atom stereocenters. The first kappa shape index (κ1) is 53.3. The van der Waals surface area contributed by atoms with E-state index in [2.05, 4.69) is 520 Å². The lowest BCUT2D eigenvalue weighted by Crippen LogP contribution is -2.71. The summed E-state index contributed by atoms with van der Waals surface area (Å²) < 4.78 is -3.80. The molecule has 0 saturated heterocycles. The molecule has 0 saturated carbocycles. The highest BCUT2D eigenvalue weighted by Gasteiger charge is 2.80. The number of carbonyl (C=O) groups is 1. The quantitative estimate of drug-likeness (QED) is 0.165. The predicted octanol–water partition coefficient (Wildman–Crippen LogP) is 17.7. The second-order valence-electron chi connectivity index (χ2n) is 6.55. The minimum atomic E-state index is -1.01. The van der Waals surface area contributed by atoms with Crippen molar-refractivity contribution in [1.82, 2.24) is 0 Å². The van der Waals surface area contributed by atoms with E-state index >= 15 is 0 Å². The van der Waals surface area contributed by atoms with Crippen molar-refractivity contribution in [2.24, 2.45) is 0 Å². The first-order chi connectivity index (χ1) is 15.4. The molecule has 0 aliphatic carbocycles. The molecule has 0 aromatic heterocycles. The summed E-state index contributed by atoms with van der Waals surface area (Å²) in [6.45, 7) is 0. The lowest BCUT2D eigenvalue weighted by Gasteiger charge is -2.60. The van der Waals surface area contributed by atoms with Gasteiger partial charge in [-0.3, -0.25) is 0 Å². The van der Waals surface area contributed by atoms with Crippen molar-refractivity contribution in [3.05, 3.63) is 0 Å². The fourth-order valence-electron chi connectivity index (χ4n) is 1.89. The topological polar surface area (TPSA) is 37.3 Å². The Bertz CT molecular complexity index is 879. The fraction of sp³-hybridized carbons (Fsp3) is 0.917. The zero-order valence-electron chi connectivity index (χ0n) is 15.5. The van der Waals surface area contributed by atoms with Gasteiger partial charge in [-0.25, -0.2) is 4.79 Å². The van der Waals surface area contributed by atoms with Crippen molar-refractivity contribution >= 4 is 526 Å². The van der Waals surface area contributed by atoms with Crippen molar-refractivity contribution in [2.45, 2.75) is 13.7 Å². The van der Waals surface area contributed by atoms with Gasteiger partial charge < -0.3 is 5.11 Å². The van der Waals surface area contributed by atoms with Gasteiger partial charge in [0.05, 0.1) is 0 Å². The van der Waals surface area contributed by atoms with Gasteiger partial charge in [-0.1, -0.05) is 520 Å². The van der Waals surface area contributed by atoms with E-state index in [1.54, 1.807) is 0 Å². The predicted molar refractivity (Wildman–Crippen MR) is 360 cm³/mol. The third-order valence-corrected chi connectivity index (χ3v) is 81.6. The minimum Gasteiger partial charge on any atom is -0.480 e. The highest BCUT2D eigenvalue weighted by molar-refractivity contribution is 14.3. The van der Waals surface area contributed by atoms with E-state index in [4.69, 9.17) is 0 Å². The Kier molecular flexibility index (Phi) is 27.2. The number of hydrogen-bond donors (Lipinski definition) is 1. The summed E-state index contributed by atoms with van der Waals surface area (Å²) in [6.07, 6.45) is 0. The van der Waals surface area contributed by atoms with Gasteiger partial charge in [0.1, 0.15) is 12.3 Å². The number of hydrogen-bond acceptors (Lipinski definition) is 1. The molecule has 0 bridgehead atoms. The maximum absolute atomic E-state index is 12.4. The number of alkyl halides is 23. The average molecular weight is 3100 g/mol. The van der Waals surface area contributed by atoms with E-state index < -0.39 is 10.3 Å². The zero-order valence-corrected chi connectivity index (χ0v) is 65.2. The van der Waals surface area contributed by atoms with Gasteiger partial charge in [0.2, 0.25) is 0 Å². The Labute approximate surface area is 531 Å². The van der Waals surface area contributed by atoms with Crippen LogP contribution in [0.2, 0.25) is 0 Å². The number of aliphatic carboxylic acids is 1. The molecule has 0 amide bonds. The van der Waals surface area contributed by atoms with Crippen molar-refractivity contribution < 1.29 is 9.90 Å². The van der Waals surface area contributed by atoms with Crippen LogP contribution in [0.1, 0.15) is 0 Å². The molecule has 0 aliphatic rings. The Morgan fingerprint density at radius 1 is 0.324 bits per heavy atom. The van der Waals surface area contributed by atoms with Gasteiger partial charge in [0.25, 0.3) is 0 Å². The Balaban J connectivity index is 7.25. The molecule has 0 aromatic carbocycles. The molecular weight excluding hydrogens is 3090 g/mol. The van der Waals surface area contributed by atoms with Gasteiger partial charge in [-0.15, -0.1) is 0 Å². The minimum absolute atomic E-state index is 0.0156. The Morgan fingerprint density at radius 2 is 0.486 bits per heavy atom. The van der Waals surface area contributed by atoms with E-state index in [0.29, 0.717) is 0 Å². The maximum Gasteiger partial charge on any atom is 0.332 e. The number of carboxylic acid groups (broad SMARTS) is 1. The lowest BCUT2D eigenvalue weighted by atomic mass is 10.1. The van der Waals surface area contributed by atoms with Crippen LogP contribution in [-0.4, -0.2) is 24.8 Å². The second-order valence-corrected chi connectivity index (χ2v) is 70.6. The highest BCUT2D eigenvalue weighted by atomic mass is 127. The van der Waals surface area contributed by atoms with Gasteiger partial charge in [0.15, 0.2) is 1.43 Å². The molecule has 0 unspecified atom stereocenters. The van der Waals surface area contributed by atoms with Crippen molar-refractivity contribution in [3.8, 4) is 0 Å². The van der Waals surface area contributed by atoms with Gasteiger partial charge >= 0.3 is 5.97 Å². The van der Waals surface area contributed by atoms with Crippen LogP contribution in [-0.2, 0) is 4.79 Å². The fourth-order valence-corrected chi connectivity index (χ4v) is 36.9. The molecule has 2 nitrogen and oxygen atoms in total. The normalized spacial score (nSPS) is 16.7. The average Bonchev–Trinajstić information content (AvgIpc) is 2.65. The third kappa shape index (κ3) is 10.5. The Morgan fingerprint density at radius 3 is 0.649 bits per heavy atom. The van der Waals surface area contributed by atoms with Crippen LogP contribution in [0.4, 0.5) is 0 Å². The smallest absolute Gasteiger partial charge is 0.332 e. The summed E-state index contributed by atoms with van der Waals surface area (Å²) in [5, 5.41) is 10.2. The monoisotopic (exact) mass is 3100 g/mol. The molecular formula is C12HI23O2. The number of halogens is 23. The standard InChI is InChI=1S/C12HI23O2/c13-2(14,1(36)37)3(15,16)4(17,18)5(19,20)6(21,22)7(23,24)8(25,26)9(27,28)10(29,30)11(31,32)12(33,34)35/h(H,36,37). The molecule has 0 heterocycles. The molecule has 37 heavy (non-hydrogen) atoms. The maximum atomic E-state index is 12.4. The summed E-state index contributed by atoms with van der Waals surface area (Å²) in [5.74, 6) is -0.808. The molecule has 0 aromatic rings. The van der Waals surface area contributed by atoms with E-state index in [-0.39, 0.29) is 9.43 Å². The Hall–Kier alpha value is 16.3. The van der Waals surface area contributed by atoms with Gasteiger partial charge in [-0.05, 0) is 0 Å². The van der Waals surface area contributed by atoms with E-state index in [1.165, 1.54) is 0 Å². The van der Waals surface area contributed by atoms with Crippen molar-refractivity contribution in [3.63, 3.8) is 0 Å². The molecule has 0 fully saturated rings. The zero-order chi connectivity index (χ0) is 31.1. The van der Waals surface area contributed by atoms with E-state index in [9.17, 15) is 9.90 Å². The summed E-state index contributed by atoms with van der Waals surface area (Å²) in [7, 11) is 0. The van der Waals surface area contributed by atoms with E-state index in [0.717, 1.165) is 0 Å². The lowest BCUT2D eigenvalue weighted by molar-refractivity contribution is -0.136. The summed E-state index contributed by atoms with van der Waals surface area (Å²) in [6, 6.07) is 0. The van der Waals surface area contributed by atoms with Crippen LogP contribution in [0.15, 0.2) is 0 Å². The van der Waals surface area contributed by atoms with Crippen LogP contribution >= 0.6 is 520 Å². The largest absolute Gasteiger partial charge is 0.480 e. The molecule has 25 heteroatoms. The summed E-state index contributed by atoms with van der Waals surface area (Å²) >= 11 is 59.2. The molecule has 0 rings (SSSR count). The summed E-state index contributed by atoms with van der Waals surface area (Å²) in [5.41, 5.74) is 0. The number of carboxylic acids is 1. The first-order valence-electron chi connectivity index (χ1n) is 7.52. The van der Waals surface area contributed by atoms with Gasteiger partial charge in [-0.2, -0.15) is 0 Å². The third-order valence-electron chi connectivity index (χ3n) is 4.17. The SMILES string of the molecule is O=C(O)C(I)(I)C(I)(I)C(I)(I)C(I)(I)C(I)(I)C(I)(I)C(I)(I)C(I)(I)C(I)(I)C(I)(I)C(I)(I)I. The van der Waals surface area contributed by atoms with Crippen LogP contribution < -0.4 is 0 Å². The molecule has 1 N–H and O–H groups in total. The molecule has 0 spiro atoms. The summed E-state index contributed by atoms with van der Waals surface area (Å²) in [4.78, 5) is 12.4. The van der Waals surface area contributed by atoms with Gasteiger partial charge in [0, 0.05) is 0 Å². The van der Waals surface area contributed by atoms with Crippen LogP contribution in [0.25, 0.3) is 0 Å². The van der Waals surface area contributed by atoms with Crippen LogP contribution in [0, 0.1) is 0 Å². The molecule has 0 radical (unpaired) electrons. The van der Waals surface area contributed by atoms with Crippen molar-refractivity contribution in [2.75, 3.05) is 0 Å². The molecule has 0 aliphatic heterocycles. The highest BCUT2D eigenvalue weighted by Crippen LogP contribution is 2.82. The first-order valence-corrected chi connectivity index (χ1v) is 32.3.